The van der Waals surface area contributed by atoms with Gasteiger partial charge in [0.2, 0.25) is 5.01 Å². The molecule has 0 spiro atoms. The predicted octanol–water partition coefficient (Wildman–Crippen LogP) is 4.77. The van der Waals surface area contributed by atoms with E-state index in [9.17, 15) is 9.59 Å². The number of hydrogen-bond donors (Lipinski definition) is 1. The van der Waals surface area contributed by atoms with Gasteiger partial charge in [-0.15, -0.1) is 10.2 Å². The van der Waals surface area contributed by atoms with Crippen molar-refractivity contribution in [2.75, 3.05) is 18.4 Å². The number of aromatic nitrogens is 2. The molecule has 1 aliphatic heterocycles. The monoisotopic (exact) mass is 440 g/mol. The smallest absolute Gasteiger partial charge is 0.286 e. The molecule has 2 amide bonds. The molecule has 2 aromatic carbocycles. The summed E-state index contributed by atoms with van der Waals surface area (Å²) in [5.74, 6) is -0.172. The third kappa shape index (κ3) is 4.52. The maximum Gasteiger partial charge on any atom is 0.286 e. The van der Waals surface area contributed by atoms with Gasteiger partial charge in [0.05, 0.1) is 0 Å². The number of amides is 2. The summed E-state index contributed by atoms with van der Waals surface area (Å²) in [4.78, 5) is 27.3. The van der Waals surface area contributed by atoms with Crippen LogP contribution in [0.1, 0.15) is 49.5 Å². The first-order chi connectivity index (χ1) is 14.5. The van der Waals surface area contributed by atoms with Gasteiger partial charge in [-0.2, -0.15) is 0 Å². The largest absolute Gasteiger partial charge is 0.338 e. The Bertz CT molecular complexity index is 1070. The number of carbonyl (C=O) groups excluding carboxylic acids is 2. The van der Waals surface area contributed by atoms with E-state index in [1.807, 2.05) is 36.1 Å². The van der Waals surface area contributed by atoms with Gasteiger partial charge in [0.15, 0.2) is 0 Å². The van der Waals surface area contributed by atoms with Gasteiger partial charge in [-0.05, 0) is 55.7 Å². The Morgan fingerprint density at radius 3 is 2.67 bits per heavy atom. The highest BCUT2D eigenvalue weighted by atomic mass is 35.5. The normalized spacial score (nSPS) is 16.3. The van der Waals surface area contributed by atoms with Crippen molar-refractivity contribution in [2.45, 2.75) is 25.7 Å². The van der Waals surface area contributed by atoms with Crippen molar-refractivity contribution >= 4 is 40.4 Å². The Labute approximate surface area is 183 Å². The molecule has 0 bridgehead atoms. The standard InChI is InChI=1S/C22H21ClN4O2S/c1-14-5-2-3-7-18(14)22(29)27-12-4-6-15(13-27)20-25-26-21(30-20)19(28)24-17-10-8-16(23)9-11-17/h2-3,5,7-11,15H,4,6,12-13H2,1H3,(H,24,28). The number of likely N-dealkylation sites (tertiary alicyclic amines) is 1. The molecule has 1 N–H and O–H groups in total. The van der Waals surface area contributed by atoms with E-state index in [4.69, 9.17) is 11.6 Å². The quantitative estimate of drug-likeness (QED) is 0.633. The van der Waals surface area contributed by atoms with Gasteiger partial charge in [0.1, 0.15) is 5.01 Å². The van der Waals surface area contributed by atoms with Crippen molar-refractivity contribution in [3.63, 3.8) is 0 Å². The van der Waals surface area contributed by atoms with Crippen molar-refractivity contribution in [2.24, 2.45) is 0 Å². The summed E-state index contributed by atoms with van der Waals surface area (Å²) in [7, 11) is 0. The molecule has 8 heteroatoms. The number of nitrogens with zero attached hydrogens (tertiary/aromatic N) is 3. The Kier molecular flexibility index (Phi) is 6.11. The Morgan fingerprint density at radius 1 is 1.13 bits per heavy atom. The number of rotatable bonds is 4. The van der Waals surface area contributed by atoms with Crippen LogP contribution in [-0.2, 0) is 0 Å². The first-order valence-electron chi connectivity index (χ1n) is 9.76. The zero-order valence-electron chi connectivity index (χ0n) is 16.5. The van der Waals surface area contributed by atoms with E-state index in [0.717, 1.165) is 35.5 Å². The fourth-order valence-corrected chi connectivity index (χ4v) is 4.55. The maximum absolute atomic E-state index is 13.0. The Hall–Kier alpha value is -2.77. The summed E-state index contributed by atoms with van der Waals surface area (Å²) in [5, 5.41) is 12.8. The molecule has 6 nitrogen and oxygen atoms in total. The Morgan fingerprint density at radius 2 is 1.90 bits per heavy atom. The van der Waals surface area contributed by atoms with Crippen LogP contribution in [0.2, 0.25) is 5.02 Å². The van der Waals surface area contributed by atoms with Crippen molar-refractivity contribution in [1.29, 1.82) is 0 Å². The second-order valence-corrected chi connectivity index (χ2v) is 8.76. The molecule has 1 unspecified atom stereocenters. The van der Waals surface area contributed by atoms with E-state index in [0.29, 0.717) is 22.3 Å². The number of carbonyl (C=O) groups is 2. The third-order valence-corrected chi connectivity index (χ3v) is 6.51. The molecular formula is C22H21ClN4O2S. The number of hydrogen-bond acceptors (Lipinski definition) is 5. The first-order valence-corrected chi connectivity index (χ1v) is 11.0. The van der Waals surface area contributed by atoms with Crippen LogP contribution < -0.4 is 5.32 Å². The SMILES string of the molecule is Cc1ccccc1C(=O)N1CCCC(c2nnc(C(=O)Nc3ccc(Cl)cc3)s2)C1. The topological polar surface area (TPSA) is 75.2 Å². The highest BCUT2D eigenvalue weighted by Gasteiger charge is 2.29. The van der Waals surface area contributed by atoms with Crippen LogP contribution in [-0.4, -0.2) is 40.0 Å². The number of benzene rings is 2. The average Bonchev–Trinajstić information content (AvgIpc) is 3.26. The highest BCUT2D eigenvalue weighted by molar-refractivity contribution is 7.13. The summed E-state index contributed by atoms with van der Waals surface area (Å²) in [6.07, 6.45) is 1.82. The van der Waals surface area contributed by atoms with Gasteiger partial charge in [0, 0.05) is 35.3 Å². The molecule has 0 saturated carbocycles. The van der Waals surface area contributed by atoms with Gasteiger partial charge in [0.25, 0.3) is 11.8 Å². The minimum absolute atomic E-state index is 0.0445. The minimum atomic E-state index is -0.301. The third-order valence-electron chi connectivity index (χ3n) is 5.17. The van der Waals surface area contributed by atoms with Gasteiger partial charge in [-0.1, -0.05) is 41.1 Å². The average molecular weight is 441 g/mol. The molecule has 1 aliphatic rings. The van der Waals surface area contributed by atoms with Crippen LogP contribution in [0.15, 0.2) is 48.5 Å². The van der Waals surface area contributed by atoms with E-state index < -0.39 is 0 Å². The van der Waals surface area contributed by atoms with Crippen LogP contribution in [0.4, 0.5) is 5.69 Å². The zero-order valence-corrected chi connectivity index (χ0v) is 18.0. The number of aryl methyl sites for hydroxylation is 1. The maximum atomic E-state index is 13.0. The molecular weight excluding hydrogens is 420 g/mol. The summed E-state index contributed by atoms with van der Waals surface area (Å²) in [5.41, 5.74) is 2.36. The summed E-state index contributed by atoms with van der Waals surface area (Å²) in [6.45, 7) is 3.26. The molecule has 1 fully saturated rings. The van der Waals surface area contributed by atoms with Crippen molar-refractivity contribution in [3.8, 4) is 0 Å². The molecule has 4 rings (SSSR count). The fraction of sp³-hybridized carbons (Fsp3) is 0.273. The van der Waals surface area contributed by atoms with E-state index in [-0.39, 0.29) is 17.7 Å². The molecule has 1 saturated heterocycles. The summed E-state index contributed by atoms with van der Waals surface area (Å²) < 4.78 is 0. The van der Waals surface area contributed by atoms with Crippen LogP contribution >= 0.6 is 22.9 Å². The highest BCUT2D eigenvalue weighted by Crippen LogP contribution is 2.30. The van der Waals surface area contributed by atoms with Crippen LogP contribution in [0, 0.1) is 6.92 Å². The Balaban J connectivity index is 1.44. The molecule has 1 aromatic heterocycles. The van der Waals surface area contributed by atoms with Gasteiger partial charge in [-0.25, -0.2) is 0 Å². The molecule has 0 radical (unpaired) electrons. The number of nitrogens with one attached hydrogen (secondary N) is 1. The summed E-state index contributed by atoms with van der Waals surface area (Å²) >= 11 is 7.16. The van der Waals surface area contributed by atoms with Gasteiger partial charge >= 0.3 is 0 Å². The van der Waals surface area contributed by atoms with E-state index in [2.05, 4.69) is 15.5 Å². The van der Waals surface area contributed by atoms with Crippen LogP contribution in [0.5, 0.6) is 0 Å². The molecule has 30 heavy (non-hydrogen) atoms. The van der Waals surface area contributed by atoms with E-state index in [1.165, 1.54) is 11.3 Å². The van der Waals surface area contributed by atoms with Gasteiger partial charge in [-0.3, -0.25) is 9.59 Å². The molecule has 2 heterocycles. The second kappa shape index (κ2) is 8.93. The second-order valence-electron chi connectivity index (χ2n) is 7.31. The van der Waals surface area contributed by atoms with Crippen molar-refractivity contribution in [3.05, 3.63) is 74.7 Å². The lowest BCUT2D eigenvalue weighted by Crippen LogP contribution is -2.39. The lowest BCUT2D eigenvalue weighted by Gasteiger charge is -2.32. The summed E-state index contributed by atoms with van der Waals surface area (Å²) in [6, 6.07) is 14.5. The number of piperidine rings is 1. The molecule has 0 aliphatic carbocycles. The molecule has 154 valence electrons. The molecule has 3 aromatic rings. The fourth-order valence-electron chi connectivity index (χ4n) is 3.56. The first kappa shape index (κ1) is 20.5. The number of anilines is 1. The van der Waals surface area contributed by atoms with E-state index >= 15 is 0 Å². The van der Waals surface area contributed by atoms with Crippen molar-refractivity contribution < 1.29 is 9.59 Å². The lowest BCUT2D eigenvalue weighted by atomic mass is 9.97. The van der Waals surface area contributed by atoms with Crippen LogP contribution in [0.3, 0.4) is 0 Å². The van der Waals surface area contributed by atoms with Crippen molar-refractivity contribution in [1.82, 2.24) is 15.1 Å². The number of halogens is 1. The van der Waals surface area contributed by atoms with Gasteiger partial charge < -0.3 is 10.2 Å². The zero-order chi connectivity index (χ0) is 21.1. The lowest BCUT2D eigenvalue weighted by molar-refractivity contribution is 0.0706. The van der Waals surface area contributed by atoms with E-state index in [1.54, 1.807) is 24.3 Å². The minimum Gasteiger partial charge on any atom is -0.338 e. The predicted molar refractivity (Wildman–Crippen MR) is 118 cm³/mol. The van der Waals surface area contributed by atoms with Crippen LogP contribution in [0.25, 0.3) is 0 Å². The molecule has 1 atom stereocenters.